The Balaban J connectivity index is 0.000000315. The minimum Gasteiger partial charge on any atom is -0.0697 e. The molecule has 1 unspecified atom stereocenters. The zero-order valence-electron chi connectivity index (χ0n) is 15.0. The number of fused-ring (bicyclic) bond motifs is 1. The molecular formula is C21H34. The molecule has 0 heteroatoms. The molecule has 0 aromatic heterocycles. The van der Waals surface area contributed by atoms with Crippen LogP contribution in [0.2, 0.25) is 0 Å². The first-order chi connectivity index (χ1) is 9.97. The summed E-state index contributed by atoms with van der Waals surface area (Å²) in [4.78, 5) is 0. The summed E-state index contributed by atoms with van der Waals surface area (Å²) in [5.74, 6) is 1.48. The van der Waals surface area contributed by atoms with Gasteiger partial charge in [-0.2, -0.15) is 0 Å². The molecule has 0 radical (unpaired) electrons. The molecule has 0 N–H and O–H groups in total. The van der Waals surface area contributed by atoms with Crippen LogP contribution in [0.15, 0.2) is 46.6 Å². The Morgan fingerprint density at radius 1 is 1.00 bits per heavy atom. The van der Waals surface area contributed by atoms with Gasteiger partial charge in [-0.3, -0.25) is 0 Å². The van der Waals surface area contributed by atoms with Crippen LogP contribution in [-0.4, -0.2) is 0 Å². The van der Waals surface area contributed by atoms with Gasteiger partial charge in [0.2, 0.25) is 0 Å². The summed E-state index contributed by atoms with van der Waals surface area (Å²) in [6.45, 7) is 13.4. The lowest BCUT2D eigenvalue weighted by atomic mass is 9.88. The average molecular weight is 287 g/mol. The molecule has 0 saturated carbocycles. The van der Waals surface area contributed by atoms with Gasteiger partial charge in [0.15, 0.2) is 0 Å². The SMILES string of the molecule is CCCC(C)C.CCCCC1=CC2C(C)=CC(C)=CC2=C1. The Labute approximate surface area is 132 Å². The summed E-state index contributed by atoms with van der Waals surface area (Å²) in [5.41, 5.74) is 5.92. The van der Waals surface area contributed by atoms with E-state index in [0.29, 0.717) is 5.92 Å². The van der Waals surface area contributed by atoms with E-state index in [-0.39, 0.29) is 0 Å². The molecule has 0 amide bonds. The van der Waals surface area contributed by atoms with Crippen LogP contribution in [0.4, 0.5) is 0 Å². The van der Waals surface area contributed by atoms with Crippen molar-refractivity contribution in [2.45, 2.75) is 73.6 Å². The van der Waals surface area contributed by atoms with E-state index in [9.17, 15) is 0 Å². The first kappa shape index (κ1) is 18.0. The van der Waals surface area contributed by atoms with E-state index in [0.717, 1.165) is 5.92 Å². The number of rotatable bonds is 5. The van der Waals surface area contributed by atoms with Gasteiger partial charge >= 0.3 is 0 Å². The standard InChI is InChI=1S/C15H20.C6H14/c1-4-5-6-13-9-14-8-11(2)7-12(3)15(14)10-13;1-4-5-6(2)3/h7-10,15H,4-6H2,1-3H3;6H,4-5H2,1-3H3. The lowest BCUT2D eigenvalue weighted by Crippen LogP contribution is -2.02. The van der Waals surface area contributed by atoms with Crippen molar-refractivity contribution in [1.29, 1.82) is 0 Å². The zero-order chi connectivity index (χ0) is 15.8. The van der Waals surface area contributed by atoms with Gasteiger partial charge in [-0.25, -0.2) is 0 Å². The van der Waals surface area contributed by atoms with Crippen molar-refractivity contribution >= 4 is 0 Å². The van der Waals surface area contributed by atoms with Crippen molar-refractivity contribution in [2.24, 2.45) is 11.8 Å². The Kier molecular flexibility index (Phi) is 7.78. The monoisotopic (exact) mass is 286 g/mol. The summed E-state index contributed by atoms with van der Waals surface area (Å²) in [5, 5.41) is 0. The normalized spacial score (nSPS) is 20.0. The predicted octanol–water partition coefficient (Wildman–Crippen LogP) is 7.01. The third-order valence-electron chi connectivity index (χ3n) is 4.12. The van der Waals surface area contributed by atoms with Crippen LogP contribution in [0, 0.1) is 11.8 Å². The minimum atomic E-state index is 0.584. The predicted molar refractivity (Wildman–Crippen MR) is 96.4 cm³/mol. The second kappa shape index (κ2) is 9.07. The molecule has 0 saturated heterocycles. The highest BCUT2D eigenvalue weighted by molar-refractivity contribution is 5.52. The maximum absolute atomic E-state index is 2.44. The molecular weight excluding hydrogens is 252 g/mol. The van der Waals surface area contributed by atoms with Crippen LogP contribution in [-0.2, 0) is 0 Å². The van der Waals surface area contributed by atoms with Gasteiger partial charge in [0, 0.05) is 5.92 Å². The fourth-order valence-corrected chi connectivity index (χ4v) is 3.06. The maximum Gasteiger partial charge on any atom is 0.0234 e. The molecule has 2 aliphatic carbocycles. The molecule has 0 aromatic carbocycles. The molecule has 0 fully saturated rings. The van der Waals surface area contributed by atoms with Gasteiger partial charge in [0.1, 0.15) is 0 Å². The van der Waals surface area contributed by atoms with E-state index in [4.69, 9.17) is 0 Å². The van der Waals surface area contributed by atoms with Gasteiger partial charge in [0.05, 0.1) is 0 Å². The number of unbranched alkanes of at least 4 members (excludes halogenated alkanes) is 1. The zero-order valence-corrected chi connectivity index (χ0v) is 15.0. The van der Waals surface area contributed by atoms with Gasteiger partial charge in [-0.05, 0) is 38.2 Å². The van der Waals surface area contributed by atoms with Crippen molar-refractivity contribution in [3.8, 4) is 0 Å². The van der Waals surface area contributed by atoms with Crippen molar-refractivity contribution in [3.63, 3.8) is 0 Å². The fraction of sp³-hybridized carbons (Fsp3) is 0.619. The molecule has 1 atom stereocenters. The van der Waals surface area contributed by atoms with Crippen molar-refractivity contribution in [3.05, 3.63) is 46.6 Å². The van der Waals surface area contributed by atoms with Gasteiger partial charge < -0.3 is 0 Å². The average Bonchev–Trinajstić information content (AvgIpc) is 2.80. The van der Waals surface area contributed by atoms with Crippen LogP contribution in [0.1, 0.15) is 73.6 Å². The molecule has 118 valence electrons. The van der Waals surface area contributed by atoms with Gasteiger partial charge in [-0.1, -0.05) is 88.0 Å². The van der Waals surface area contributed by atoms with Crippen LogP contribution >= 0.6 is 0 Å². The topological polar surface area (TPSA) is 0 Å². The second-order valence-electron chi connectivity index (χ2n) is 6.93. The highest BCUT2D eigenvalue weighted by atomic mass is 14.3. The molecule has 0 nitrogen and oxygen atoms in total. The van der Waals surface area contributed by atoms with Crippen molar-refractivity contribution < 1.29 is 0 Å². The van der Waals surface area contributed by atoms with Crippen LogP contribution < -0.4 is 0 Å². The Bertz CT molecular complexity index is 441. The van der Waals surface area contributed by atoms with E-state index in [1.54, 1.807) is 0 Å². The molecule has 0 bridgehead atoms. The van der Waals surface area contributed by atoms with E-state index in [1.165, 1.54) is 54.4 Å². The van der Waals surface area contributed by atoms with E-state index in [1.807, 2.05) is 0 Å². The molecule has 2 rings (SSSR count). The maximum atomic E-state index is 2.44. The lowest BCUT2D eigenvalue weighted by molar-refractivity contribution is 0.576. The highest BCUT2D eigenvalue weighted by Gasteiger charge is 2.21. The van der Waals surface area contributed by atoms with Crippen molar-refractivity contribution in [2.75, 3.05) is 0 Å². The summed E-state index contributed by atoms with van der Waals surface area (Å²) >= 11 is 0. The smallest absolute Gasteiger partial charge is 0.0234 e. The largest absolute Gasteiger partial charge is 0.0697 e. The highest BCUT2D eigenvalue weighted by Crippen LogP contribution is 2.36. The van der Waals surface area contributed by atoms with Gasteiger partial charge in [0.25, 0.3) is 0 Å². The molecule has 21 heavy (non-hydrogen) atoms. The van der Waals surface area contributed by atoms with Crippen LogP contribution in [0.25, 0.3) is 0 Å². The second-order valence-corrected chi connectivity index (χ2v) is 6.93. The third-order valence-corrected chi connectivity index (χ3v) is 4.12. The van der Waals surface area contributed by atoms with Gasteiger partial charge in [-0.15, -0.1) is 0 Å². The molecule has 0 aromatic rings. The Morgan fingerprint density at radius 3 is 2.24 bits per heavy atom. The first-order valence-electron chi connectivity index (χ1n) is 8.76. The Morgan fingerprint density at radius 2 is 1.71 bits per heavy atom. The number of hydrogen-bond acceptors (Lipinski definition) is 0. The van der Waals surface area contributed by atoms with Crippen LogP contribution in [0.5, 0.6) is 0 Å². The van der Waals surface area contributed by atoms with E-state index >= 15 is 0 Å². The fourth-order valence-electron chi connectivity index (χ4n) is 3.06. The lowest BCUT2D eigenvalue weighted by Gasteiger charge is -2.17. The number of hydrogen-bond donors (Lipinski definition) is 0. The first-order valence-corrected chi connectivity index (χ1v) is 8.76. The third kappa shape index (κ3) is 6.08. The van der Waals surface area contributed by atoms with Crippen LogP contribution in [0.3, 0.4) is 0 Å². The summed E-state index contributed by atoms with van der Waals surface area (Å²) in [7, 11) is 0. The molecule has 2 aliphatic rings. The molecule has 0 aliphatic heterocycles. The minimum absolute atomic E-state index is 0.584. The van der Waals surface area contributed by atoms with E-state index in [2.05, 4.69) is 65.8 Å². The molecule has 0 spiro atoms. The van der Waals surface area contributed by atoms with E-state index < -0.39 is 0 Å². The molecule has 0 heterocycles. The summed E-state index contributed by atoms with van der Waals surface area (Å²) in [6, 6.07) is 0. The van der Waals surface area contributed by atoms with Crippen molar-refractivity contribution in [1.82, 2.24) is 0 Å². The number of allylic oxidation sites excluding steroid dienone is 8. The quantitative estimate of drug-likeness (QED) is 0.510. The Hall–Kier alpha value is -1.04. The summed E-state index contributed by atoms with van der Waals surface area (Å²) < 4.78 is 0. The summed E-state index contributed by atoms with van der Waals surface area (Å²) in [6.07, 6.45) is 16.0.